The van der Waals surface area contributed by atoms with E-state index in [1.807, 2.05) is 0 Å². The number of rotatable bonds is 7. The Morgan fingerprint density at radius 1 is 0.903 bits per heavy atom. The highest BCUT2D eigenvalue weighted by molar-refractivity contribution is 6.03. The van der Waals surface area contributed by atoms with Gasteiger partial charge < -0.3 is 4.90 Å². The van der Waals surface area contributed by atoms with E-state index >= 15 is 0 Å². The van der Waals surface area contributed by atoms with Crippen LogP contribution in [0.1, 0.15) is 52.0 Å². The average Bonchev–Trinajstić information content (AvgIpc) is 2.93. The summed E-state index contributed by atoms with van der Waals surface area (Å²) in [5, 5.41) is 0. The van der Waals surface area contributed by atoms with Gasteiger partial charge >= 0.3 is 0 Å². The molecule has 0 aromatic heterocycles. The minimum atomic E-state index is -0.374. The van der Waals surface area contributed by atoms with Gasteiger partial charge in [0.25, 0.3) is 0 Å². The Morgan fingerprint density at radius 2 is 1.52 bits per heavy atom. The van der Waals surface area contributed by atoms with Crippen LogP contribution in [-0.4, -0.2) is 65.8 Å². The Bertz CT molecular complexity index is 776. The van der Waals surface area contributed by atoms with Crippen LogP contribution < -0.4 is 0 Å². The molecule has 1 aliphatic carbocycles. The van der Waals surface area contributed by atoms with Crippen LogP contribution in [0.3, 0.4) is 0 Å². The summed E-state index contributed by atoms with van der Waals surface area (Å²) in [7, 11) is 0. The van der Waals surface area contributed by atoms with Crippen LogP contribution in [0.15, 0.2) is 30.3 Å². The summed E-state index contributed by atoms with van der Waals surface area (Å²) < 4.78 is 0. The first-order chi connectivity index (χ1) is 14.3. The van der Waals surface area contributed by atoms with Gasteiger partial charge in [0.05, 0.1) is 5.41 Å². The maximum atomic E-state index is 13.1. The lowest BCUT2D eigenvalue weighted by atomic mass is 9.62. The van der Waals surface area contributed by atoms with Crippen LogP contribution in [0.25, 0.3) is 0 Å². The van der Waals surface area contributed by atoms with E-state index in [2.05, 4.69) is 60.9 Å². The van der Waals surface area contributed by atoms with Crippen LogP contribution in [0, 0.1) is 16.7 Å². The van der Waals surface area contributed by atoms with Crippen molar-refractivity contribution in [1.82, 2.24) is 14.7 Å². The maximum Gasteiger partial charge on any atom is 0.235 e. The van der Waals surface area contributed by atoms with Crippen molar-refractivity contribution in [1.29, 1.82) is 0 Å². The molecule has 2 amide bonds. The summed E-state index contributed by atoms with van der Waals surface area (Å²) in [6.07, 6.45) is 3.66. The Kier molecular flexibility index (Phi) is 7.50. The number of unbranched alkanes of at least 4 members (excludes halogenated alkanes) is 1. The molecule has 3 fully saturated rings. The molecule has 2 bridgehead atoms. The third-order valence-corrected chi connectivity index (χ3v) is 8.33. The van der Waals surface area contributed by atoms with Gasteiger partial charge in [-0.3, -0.25) is 19.4 Å². The molecule has 2 atom stereocenters. The minimum absolute atomic E-state index is 0. The van der Waals surface area contributed by atoms with E-state index in [0.717, 1.165) is 65.0 Å². The number of piperidine rings is 1. The van der Waals surface area contributed by atoms with Gasteiger partial charge in [-0.1, -0.05) is 51.1 Å². The molecular formula is C25H38ClN3O2. The zero-order valence-electron chi connectivity index (χ0n) is 19.3. The molecule has 0 radical (unpaired) electrons. The molecular weight excluding hydrogens is 410 g/mol. The standard InChI is InChI=1S/C25H37N3O2.ClH/c1-24(2)21-11-12-25(24,3)23(30)28(22(21)29)14-8-7-13-26-15-17-27(18-16-26)19-20-9-5-4-6-10-20;/h4-6,9-10,21H,7-8,11-19H2,1-3H3;1H. The van der Waals surface area contributed by atoms with Crippen molar-refractivity contribution in [2.45, 2.75) is 53.0 Å². The summed E-state index contributed by atoms with van der Waals surface area (Å²) in [6, 6.07) is 10.7. The number of nitrogens with zero attached hydrogens (tertiary/aromatic N) is 3. The van der Waals surface area contributed by atoms with Gasteiger partial charge in [0, 0.05) is 45.2 Å². The third-order valence-electron chi connectivity index (χ3n) is 8.33. The highest BCUT2D eigenvalue weighted by Crippen LogP contribution is 2.60. The first kappa shape index (κ1) is 24.2. The van der Waals surface area contributed by atoms with Crippen LogP contribution >= 0.6 is 12.4 Å². The molecule has 1 aromatic rings. The molecule has 2 aliphatic heterocycles. The molecule has 5 nitrogen and oxygen atoms in total. The van der Waals surface area contributed by atoms with Gasteiger partial charge in [-0.2, -0.15) is 0 Å². The van der Waals surface area contributed by atoms with Crippen LogP contribution in [0.4, 0.5) is 0 Å². The van der Waals surface area contributed by atoms with Crippen molar-refractivity contribution >= 4 is 24.2 Å². The van der Waals surface area contributed by atoms with E-state index in [1.165, 1.54) is 5.56 Å². The van der Waals surface area contributed by atoms with Crippen LogP contribution in [0.2, 0.25) is 0 Å². The molecule has 1 aromatic carbocycles. The number of hydrogen-bond acceptors (Lipinski definition) is 4. The Labute approximate surface area is 193 Å². The van der Waals surface area contributed by atoms with E-state index in [9.17, 15) is 9.59 Å². The van der Waals surface area contributed by atoms with Crippen LogP contribution in [0.5, 0.6) is 0 Å². The number of benzene rings is 1. The largest absolute Gasteiger partial charge is 0.301 e. The number of likely N-dealkylation sites (tertiary alicyclic amines) is 1. The molecule has 2 saturated heterocycles. The van der Waals surface area contributed by atoms with E-state index in [4.69, 9.17) is 0 Å². The third kappa shape index (κ3) is 4.55. The molecule has 0 spiro atoms. The number of halogens is 1. The first-order valence-electron chi connectivity index (χ1n) is 11.7. The fourth-order valence-electron chi connectivity index (χ4n) is 5.73. The van der Waals surface area contributed by atoms with Gasteiger partial charge in [-0.05, 0) is 43.2 Å². The van der Waals surface area contributed by atoms with Crippen molar-refractivity contribution in [3.05, 3.63) is 35.9 Å². The lowest BCUT2D eigenvalue weighted by Crippen LogP contribution is -2.59. The van der Waals surface area contributed by atoms with E-state index < -0.39 is 0 Å². The summed E-state index contributed by atoms with van der Waals surface area (Å²) in [5.74, 6) is 0.160. The molecule has 31 heavy (non-hydrogen) atoms. The van der Waals surface area contributed by atoms with Crippen molar-refractivity contribution in [2.24, 2.45) is 16.7 Å². The lowest BCUT2D eigenvalue weighted by Gasteiger charge is -2.47. The highest BCUT2D eigenvalue weighted by atomic mass is 35.5. The average molecular weight is 448 g/mol. The SMILES string of the molecule is CC12CCC(C(=O)N(CCCCN3CCN(Cc4ccccc4)CC3)C1=O)C2(C)C.Cl. The first-order valence-corrected chi connectivity index (χ1v) is 11.7. The van der Waals surface area contributed by atoms with Crippen molar-refractivity contribution < 1.29 is 9.59 Å². The smallest absolute Gasteiger partial charge is 0.235 e. The second kappa shape index (κ2) is 9.60. The van der Waals surface area contributed by atoms with E-state index in [-0.39, 0.29) is 41.0 Å². The normalized spacial score (nSPS) is 28.6. The number of imide groups is 1. The van der Waals surface area contributed by atoms with E-state index in [0.29, 0.717) is 6.54 Å². The van der Waals surface area contributed by atoms with Crippen molar-refractivity contribution in [3.8, 4) is 0 Å². The number of carbonyl (C=O) groups is 2. The molecule has 2 unspecified atom stereocenters. The molecule has 3 aliphatic rings. The zero-order chi connectivity index (χ0) is 21.4. The number of piperazine rings is 1. The maximum absolute atomic E-state index is 13.1. The number of fused-ring (bicyclic) bond motifs is 2. The highest BCUT2D eigenvalue weighted by Gasteiger charge is 2.64. The summed E-state index contributed by atoms with van der Waals surface area (Å²) >= 11 is 0. The molecule has 6 heteroatoms. The molecule has 172 valence electrons. The molecule has 4 rings (SSSR count). The lowest BCUT2D eigenvalue weighted by molar-refractivity contribution is -0.167. The Hall–Kier alpha value is -1.43. The predicted octanol–water partition coefficient (Wildman–Crippen LogP) is 3.82. The zero-order valence-corrected chi connectivity index (χ0v) is 20.1. The molecule has 2 heterocycles. The Balaban J connectivity index is 0.00000272. The monoisotopic (exact) mass is 447 g/mol. The fraction of sp³-hybridized carbons (Fsp3) is 0.680. The van der Waals surface area contributed by atoms with Crippen molar-refractivity contribution in [2.75, 3.05) is 39.3 Å². The fourth-order valence-corrected chi connectivity index (χ4v) is 5.73. The number of carbonyl (C=O) groups excluding carboxylic acids is 2. The van der Waals surface area contributed by atoms with Gasteiger partial charge in [0.15, 0.2) is 0 Å². The predicted molar refractivity (Wildman–Crippen MR) is 126 cm³/mol. The second-order valence-corrected chi connectivity index (χ2v) is 10.3. The topological polar surface area (TPSA) is 43.9 Å². The summed E-state index contributed by atoms with van der Waals surface area (Å²) in [5.41, 5.74) is 0.797. The summed E-state index contributed by atoms with van der Waals surface area (Å²) in [4.78, 5) is 32.7. The Morgan fingerprint density at radius 3 is 2.19 bits per heavy atom. The minimum Gasteiger partial charge on any atom is -0.301 e. The van der Waals surface area contributed by atoms with Crippen LogP contribution in [-0.2, 0) is 16.1 Å². The van der Waals surface area contributed by atoms with E-state index in [1.54, 1.807) is 4.90 Å². The van der Waals surface area contributed by atoms with Crippen molar-refractivity contribution in [3.63, 3.8) is 0 Å². The van der Waals surface area contributed by atoms with Gasteiger partial charge in [-0.15, -0.1) is 12.4 Å². The quantitative estimate of drug-likeness (QED) is 0.470. The second-order valence-electron chi connectivity index (χ2n) is 10.3. The molecule has 0 N–H and O–H groups in total. The summed E-state index contributed by atoms with van der Waals surface area (Å²) in [6.45, 7) is 13.4. The number of amides is 2. The number of hydrogen-bond donors (Lipinski definition) is 0. The van der Waals surface area contributed by atoms with Gasteiger partial charge in [0.2, 0.25) is 11.8 Å². The molecule has 1 saturated carbocycles. The van der Waals surface area contributed by atoms with Gasteiger partial charge in [0.1, 0.15) is 0 Å². The van der Waals surface area contributed by atoms with Gasteiger partial charge in [-0.25, -0.2) is 0 Å².